The van der Waals surface area contributed by atoms with Crippen molar-refractivity contribution in [1.82, 2.24) is 9.88 Å². The van der Waals surface area contributed by atoms with E-state index in [-0.39, 0.29) is 17.8 Å². The molecule has 1 aromatic heterocycles. The minimum Gasteiger partial charge on any atom is -0.408 e. The SMILES string of the molecule is Cn1c(=O)oc2cc(CNCC(C)(C)CO)ccc21. The van der Waals surface area contributed by atoms with Crippen LogP contribution in [0.4, 0.5) is 0 Å². The highest BCUT2D eigenvalue weighted by atomic mass is 16.4. The summed E-state index contributed by atoms with van der Waals surface area (Å²) in [5, 5.41) is 12.5. The minimum absolute atomic E-state index is 0.136. The van der Waals surface area contributed by atoms with E-state index < -0.39 is 0 Å². The van der Waals surface area contributed by atoms with Crippen LogP contribution in [0.1, 0.15) is 19.4 Å². The molecule has 0 saturated heterocycles. The van der Waals surface area contributed by atoms with Crippen molar-refractivity contribution in [2.45, 2.75) is 20.4 Å². The van der Waals surface area contributed by atoms with Gasteiger partial charge in [0.2, 0.25) is 0 Å². The lowest BCUT2D eigenvalue weighted by atomic mass is 9.95. The number of aryl methyl sites for hydroxylation is 1. The Morgan fingerprint density at radius 2 is 2.16 bits per heavy atom. The van der Waals surface area contributed by atoms with E-state index in [0.29, 0.717) is 12.1 Å². The molecule has 2 aromatic rings. The molecule has 0 atom stereocenters. The van der Waals surface area contributed by atoms with Crippen LogP contribution < -0.4 is 11.1 Å². The van der Waals surface area contributed by atoms with E-state index in [0.717, 1.165) is 17.6 Å². The van der Waals surface area contributed by atoms with E-state index in [2.05, 4.69) is 5.32 Å². The Morgan fingerprint density at radius 3 is 2.84 bits per heavy atom. The van der Waals surface area contributed by atoms with Crippen molar-refractivity contribution in [3.63, 3.8) is 0 Å². The molecular formula is C14H20N2O3. The van der Waals surface area contributed by atoms with E-state index in [9.17, 15) is 9.90 Å². The lowest BCUT2D eigenvalue weighted by Gasteiger charge is -2.21. The fraction of sp³-hybridized carbons (Fsp3) is 0.500. The number of rotatable bonds is 5. The van der Waals surface area contributed by atoms with Gasteiger partial charge >= 0.3 is 5.76 Å². The highest BCUT2D eigenvalue weighted by Crippen LogP contribution is 2.15. The summed E-state index contributed by atoms with van der Waals surface area (Å²) in [5.74, 6) is -0.346. The quantitative estimate of drug-likeness (QED) is 0.852. The number of benzene rings is 1. The Labute approximate surface area is 111 Å². The number of nitrogens with zero attached hydrogens (tertiary/aromatic N) is 1. The summed E-state index contributed by atoms with van der Waals surface area (Å²) >= 11 is 0. The minimum atomic E-state index is -0.346. The smallest absolute Gasteiger partial charge is 0.408 e. The molecule has 5 heteroatoms. The van der Waals surface area contributed by atoms with Crippen LogP contribution in [0, 0.1) is 5.41 Å². The molecule has 1 heterocycles. The van der Waals surface area contributed by atoms with Crippen molar-refractivity contribution in [2.75, 3.05) is 13.2 Å². The second-order valence-electron chi connectivity index (χ2n) is 5.65. The van der Waals surface area contributed by atoms with Gasteiger partial charge in [0.15, 0.2) is 5.58 Å². The monoisotopic (exact) mass is 264 g/mol. The largest absolute Gasteiger partial charge is 0.419 e. The maximum atomic E-state index is 11.4. The van der Waals surface area contributed by atoms with Gasteiger partial charge in [-0.1, -0.05) is 19.9 Å². The third-order valence-corrected chi connectivity index (χ3v) is 3.22. The number of oxazole rings is 1. The zero-order valence-corrected chi connectivity index (χ0v) is 11.6. The van der Waals surface area contributed by atoms with Gasteiger partial charge in [-0.15, -0.1) is 0 Å². The van der Waals surface area contributed by atoms with E-state index in [1.54, 1.807) is 7.05 Å². The van der Waals surface area contributed by atoms with Crippen LogP contribution >= 0.6 is 0 Å². The zero-order valence-electron chi connectivity index (χ0n) is 11.6. The van der Waals surface area contributed by atoms with Crippen molar-refractivity contribution < 1.29 is 9.52 Å². The topological polar surface area (TPSA) is 67.4 Å². The summed E-state index contributed by atoms with van der Waals surface area (Å²) in [6.45, 7) is 5.55. The molecule has 0 aliphatic carbocycles. The van der Waals surface area contributed by atoms with Crippen LogP contribution in [0.5, 0.6) is 0 Å². The normalized spacial score (nSPS) is 12.2. The average molecular weight is 264 g/mol. The first-order valence-electron chi connectivity index (χ1n) is 6.33. The summed E-state index contributed by atoms with van der Waals surface area (Å²) in [6, 6.07) is 5.72. The molecule has 1 aromatic carbocycles. The molecule has 19 heavy (non-hydrogen) atoms. The molecule has 0 aliphatic rings. The van der Waals surface area contributed by atoms with Crippen LogP contribution in [0.3, 0.4) is 0 Å². The predicted octanol–water partition coefficient (Wildman–Crippen LogP) is 1.24. The van der Waals surface area contributed by atoms with Crippen LogP contribution in [0.2, 0.25) is 0 Å². The Morgan fingerprint density at radius 1 is 1.42 bits per heavy atom. The van der Waals surface area contributed by atoms with Crippen LogP contribution in [-0.4, -0.2) is 22.8 Å². The van der Waals surface area contributed by atoms with Gasteiger partial charge in [0.1, 0.15) is 0 Å². The van der Waals surface area contributed by atoms with Gasteiger partial charge in [-0.05, 0) is 17.7 Å². The van der Waals surface area contributed by atoms with Crippen molar-refractivity contribution in [1.29, 1.82) is 0 Å². The third-order valence-electron chi connectivity index (χ3n) is 3.22. The molecule has 0 unspecified atom stereocenters. The number of aromatic nitrogens is 1. The average Bonchev–Trinajstić information content (AvgIpc) is 2.65. The summed E-state index contributed by atoms with van der Waals surface area (Å²) in [5.41, 5.74) is 2.32. The highest BCUT2D eigenvalue weighted by molar-refractivity contribution is 5.73. The Bertz CT molecular complexity index is 625. The molecule has 0 bridgehead atoms. The molecule has 0 spiro atoms. The van der Waals surface area contributed by atoms with Crippen molar-refractivity contribution >= 4 is 11.1 Å². The van der Waals surface area contributed by atoms with Gasteiger partial charge in [0, 0.05) is 32.2 Å². The molecule has 0 saturated carbocycles. The van der Waals surface area contributed by atoms with Gasteiger partial charge in [0.25, 0.3) is 0 Å². The Balaban J connectivity index is 2.08. The number of hydrogen-bond acceptors (Lipinski definition) is 4. The molecule has 0 aliphatic heterocycles. The fourth-order valence-corrected chi connectivity index (χ4v) is 1.89. The maximum Gasteiger partial charge on any atom is 0.419 e. The predicted molar refractivity (Wildman–Crippen MR) is 74.0 cm³/mol. The first kappa shape index (κ1) is 13.8. The van der Waals surface area contributed by atoms with Crippen LogP contribution in [-0.2, 0) is 13.6 Å². The summed E-state index contributed by atoms with van der Waals surface area (Å²) in [7, 11) is 1.69. The standard InChI is InChI=1S/C14H20N2O3/c1-14(2,9-17)8-15-7-10-4-5-11-12(6-10)19-13(18)16(11)3/h4-6,15,17H,7-9H2,1-3H3. The van der Waals surface area contributed by atoms with E-state index in [4.69, 9.17) is 4.42 Å². The number of aliphatic hydroxyl groups excluding tert-OH is 1. The van der Waals surface area contributed by atoms with E-state index in [1.165, 1.54) is 4.57 Å². The molecule has 0 radical (unpaired) electrons. The molecule has 104 valence electrons. The van der Waals surface area contributed by atoms with Crippen molar-refractivity contribution in [3.05, 3.63) is 34.3 Å². The van der Waals surface area contributed by atoms with Crippen molar-refractivity contribution in [3.8, 4) is 0 Å². The van der Waals surface area contributed by atoms with Gasteiger partial charge in [0.05, 0.1) is 5.52 Å². The van der Waals surface area contributed by atoms with Gasteiger partial charge < -0.3 is 14.8 Å². The lowest BCUT2D eigenvalue weighted by Crippen LogP contribution is -2.31. The molecule has 5 nitrogen and oxygen atoms in total. The number of hydrogen-bond donors (Lipinski definition) is 2. The molecule has 2 N–H and O–H groups in total. The summed E-state index contributed by atoms with van der Waals surface area (Å²) in [4.78, 5) is 11.4. The second-order valence-corrected chi connectivity index (χ2v) is 5.65. The van der Waals surface area contributed by atoms with Gasteiger partial charge in [-0.3, -0.25) is 4.57 Å². The molecule has 0 fully saturated rings. The third kappa shape index (κ3) is 3.05. The number of aliphatic hydroxyl groups is 1. The first-order chi connectivity index (χ1) is 8.93. The number of fused-ring (bicyclic) bond motifs is 1. The molecule has 0 amide bonds. The van der Waals surface area contributed by atoms with Crippen LogP contribution in [0.25, 0.3) is 11.1 Å². The Hall–Kier alpha value is -1.59. The van der Waals surface area contributed by atoms with Crippen LogP contribution in [0.15, 0.2) is 27.4 Å². The number of nitrogens with one attached hydrogen (secondary N) is 1. The lowest BCUT2D eigenvalue weighted by molar-refractivity contribution is 0.156. The molecular weight excluding hydrogens is 244 g/mol. The Kier molecular flexibility index (Phi) is 3.78. The van der Waals surface area contributed by atoms with Crippen molar-refractivity contribution in [2.24, 2.45) is 12.5 Å². The second kappa shape index (κ2) is 5.19. The van der Waals surface area contributed by atoms with E-state index >= 15 is 0 Å². The zero-order chi connectivity index (χ0) is 14.0. The maximum absolute atomic E-state index is 11.4. The van der Waals surface area contributed by atoms with E-state index in [1.807, 2.05) is 32.0 Å². The molecule has 2 rings (SSSR count). The highest BCUT2D eigenvalue weighted by Gasteiger charge is 2.15. The fourth-order valence-electron chi connectivity index (χ4n) is 1.89. The summed E-state index contributed by atoms with van der Waals surface area (Å²) < 4.78 is 6.63. The van der Waals surface area contributed by atoms with Gasteiger partial charge in [-0.25, -0.2) is 4.79 Å². The summed E-state index contributed by atoms with van der Waals surface area (Å²) in [6.07, 6.45) is 0. The first-order valence-corrected chi connectivity index (χ1v) is 6.33. The van der Waals surface area contributed by atoms with Gasteiger partial charge in [-0.2, -0.15) is 0 Å².